The number of H-pyrrole nitrogens is 1. The zero-order valence-electron chi connectivity index (χ0n) is 9.50. The van der Waals surface area contributed by atoms with E-state index in [2.05, 4.69) is 9.97 Å². The Kier molecular flexibility index (Phi) is 3.18. The smallest absolute Gasteiger partial charge is 0.251 e. The summed E-state index contributed by atoms with van der Waals surface area (Å²) in [4.78, 5) is 18.0. The maximum atomic E-state index is 11.5. The molecule has 1 N–H and O–H groups in total. The number of aryl methyl sites for hydroxylation is 1. The first-order valence-corrected chi connectivity index (χ1v) is 7.41. The van der Waals surface area contributed by atoms with Crippen LogP contribution in [0.15, 0.2) is 22.1 Å². The van der Waals surface area contributed by atoms with Crippen molar-refractivity contribution in [3.05, 3.63) is 27.1 Å². The SMILES string of the molecule is Cn1c(=O)ccc2c(=S(=O)=O)[nH]c(S(C)=O)nc21. The summed E-state index contributed by atoms with van der Waals surface area (Å²) in [5.74, 6) is 0. The first kappa shape index (κ1) is 12.7. The van der Waals surface area contributed by atoms with Crippen molar-refractivity contribution in [1.82, 2.24) is 14.5 Å². The lowest BCUT2D eigenvalue weighted by atomic mass is 10.3. The Morgan fingerprint density at radius 2 is 1.94 bits per heavy atom. The van der Waals surface area contributed by atoms with E-state index >= 15 is 0 Å². The molecule has 0 aliphatic heterocycles. The van der Waals surface area contributed by atoms with Crippen LogP contribution in [-0.4, -0.2) is 33.4 Å². The van der Waals surface area contributed by atoms with E-state index in [1.54, 1.807) is 0 Å². The van der Waals surface area contributed by atoms with Gasteiger partial charge in [-0.25, -0.2) is 4.98 Å². The number of fused-ring (bicyclic) bond motifs is 1. The van der Waals surface area contributed by atoms with Gasteiger partial charge in [0.25, 0.3) is 5.56 Å². The van der Waals surface area contributed by atoms with Crippen molar-refractivity contribution in [3.8, 4) is 0 Å². The molecule has 0 saturated carbocycles. The summed E-state index contributed by atoms with van der Waals surface area (Å²) in [6, 6.07) is 2.62. The van der Waals surface area contributed by atoms with Gasteiger partial charge in [0.15, 0.2) is 9.80 Å². The highest BCUT2D eigenvalue weighted by Gasteiger charge is 2.09. The second-order valence-electron chi connectivity index (χ2n) is 3.53. The van der Waals surface area contributed by atoms with Crippen LogP contribution >= 0.6 is 0 Å². The predicted molar refractivity (Wildman–Crippen MR) is 65.8 cm³/mol. The molecule has 7 nitrogen and oxygen atoms in total. The molecule has 0 aliphatic rings. The maximum absolute atomic E-state index is 11.5. The number of aromatic amines is 1. The summed E-state index contributed by atoms with van der Waals surface area (Å²) in [5.41, 5.74) is -0.151. The quantitative estimate of drug-likeness (QED) is 0.558. The molecule has 96 valence electrons. The van der Waals surface area contributed by atoms with E-state index in [0.29, 0.717) is 0 Å². The molecule has 0 radical (unpaired) electrons. The van der Waals surface area contributed by atoms with Gasteiger partial charge in [-0.3, -0.25) is 13.6 Å². The fourth-order valence-electron chi connectivity index (χ4n) is 1.49. The lowest BCUT2D eigenvalue weighted by molar-refractivity contribution is 0.624. The van der Waals surface area contributed by atoms with Gasteiger partial charge in [0.05, 0.1) is 16.2 Å². The van der Waals surface area contributed by atoms with Crippen LogP contribution in [0.25, 0.3) is 11.0 Å². The third-order valence-corrected chi connectivity index (χ3v) is 3.79. The van der Waals surface area contributed by atoms with Gasteiger partial charge in [-0.2, -0.15) is 8.42 Å². The highest BCUT2D eigenvalue weighted by Crippen LogP contribution is 2.10. The molecule has 0 fully saturated rings. The van der Waals surface area contributed by atoms with E-state index < -0.39 is 21.1 Å². The lowest BCUT2D eigenvalue weighted by Gasteiger charge is -2.04. The van der Waals surface area contributed by atoms with Crippen LogP contribution in [0, 0.1) is 4.64 Å². The Morgan fingerprint density at radius 1 is 1.28 bits per heavy atom. The number of pyridine rings is 1. The topological polar surface area (TPSA) is 102 Å². The third kappa shape index (κ3) is 2.02. The summed E-state index contributed by atoms with van der Waals surface area (Å²) < 4.78 is 34.7. The molecule has 9 heteroatoms. The molecule has 0 bridgehead atoms. The molecule has 0 saturated heterocycles. The molecule has 0 amide bonds. The Morgan fingerprint density at radius 3 is 2.50 bits per heavy atom. The molecule has 2 aromatic rings. The molecule has 1 unspecified atom stereocenters. The Balaban J connectivity index is 3.21. The van der Waals surface area contributed by atoms with E-state index in [1.807, 2.05) is 0 Å². The fourth-order valence-corrected chi connectivity index (χ4v) is 2.54. The summed E-state index contributed by atoms with van der Waals surface area (Å²) in [6.45, 7) is 0. The number of nitrogens with one attached hydrogen (secondary N) is 1. The average Bonchev–Trinajstić information content (AvgIpc) is 2.32. The molecule has 2 aromatic heterocycles. The summed E-state index contributed by atoms with van der Waals surface area (Å²) in [7, 11) is -2.55. The van der Waals surface area contributed by atoms with Crippen molar-refractivity contribution < 1.29 is 12.6 Å². The minimum Gasteiger partial charge on any atom is -0.319 e. The molecule has 0 spiro atoms. The van der Waals surface area contributed by atoms with Crippen LogP contribution in [0.5, 0.6) is 0 Å². The highest BCUT2D eigenvalue weighted by atomic mass is 32.2. The predicted octanol–water partition coefficient (Wildman–Crippen LogP) is -0.590. The van der Waals surface area contributed by atoms with Crippen LogP contribution in [0.1, 0.15) is 0 Å². The van der Waals surface area contributed by atoms with Gasteiger partial charge in [-0.05, 0) is 6.07 Å². The Labute approximate surface area is 105 Å². The molecule has 0 aromatic carbocycles. The van der Waals surface area contributed by atoms with Crippen molar-refractivity contribution in [2.45, 2.75) is 5.16 Å². The van der Waals surface area contributed by atoms with Crippen LogP contribution < -0.4 is 5.56 Å². The number of hydrogen-bond donors (Lipinski definition) is 1. The number of nitrogens with zero attached hydrogens (tertiary/aromatic N) is 2. The van der Waals surface area contributed by atoms with Gasteiger partial charge in [-0.1, -0.05) is 0 Å². The van der Waals surface area contributed by atoms with Gasteiger partial charge in [0.2, 0.25) is 10.3 Å². The Hall–Kier alpha value is -1.74. The third-order valence-electron chi connectivity index (χ3n) is 2.39. The zero-order chi connectivity index (χ0) is 13.4. The average molecular weight is 287 g/mol. The molecule has 2 rings (SSSR count). The number of aromatic nitrogens is 3. The van der Waals surface area contributed by atoms with E-state index in [0.717, 1.165) is 0 Å². The highest BCUT2D eigenvalue weighted by molar-refractivity contribution is 7.84. The van der Waals surface area contributed by atoms with Crippen molar-refractivity contribution in [2.75, 3.05) is 6.26 Å². The minimum absolute atomic E-state index is 0.00269. The molecule has 2 heterocycles. The van der Waals surface area contributed by atoms with Crippen molar-refractivity contribution in [3.63, 3.8) is 0 Å². The van der Waals surface area contributed by atoms with Gasteiger partial charge in [0, 0.05) is 19.4 Å². The molecular weight excluding hydrogens is 278 g/mol. The van der Waals surface area contributed by atoms with E-state index in [4.69, 9.17) is 0 Å². The van der Waals surface area contributed by atoms with Crippen LogP contribution in [0.4, 0.5) is 0 Å². The van der Waals surface area contributed by atoms with Gasteiger partial charge in [-0.15, -0.1) is 0 Å². The molecule has 1 atom stereocenters. The first-order chi connectivity index (χ1) is 8.41. The number of rotatable bonds is 1. The van der Waals surface area contributed by atoms with Crippen LogP contribution in [-0.2, 0) is 28.1 Å². The normalized spacial score (nSPS) is 12.6. The molecular formula is C9H9N3O4S2. The standard InChI is InChI=1S/C9H9N3O4S2/c1-12-6(13)4-3-5-7(12)10-9(17(2)14)11-8(5)18(15)16/h3-4H,1-2H3,(H,10,11). The zero-order valence-corrected chi connectivity index (χ0v) is 11.1. The van der Waals surface area contributed by atoms with Crippen molar-refractivity contribution >= 4 is 32.1 Å². The van der Waals surface area contributed by atoms with Crippen molar-refractivity contribution in [1.29, 1.82) is 0 Å². The number of hydrogen-bond acceptors (Lipinski definition) is 5. The van der Waals surface area contributed by atoms with Crippen LogP contribution in [0.2, 0.25) is 0 Å². The monoisotopic (exact) mass is 287 g/mol. The summed E-state index contributed by atoms with van der Waals surface area (Å²) >= 11 is 0. The van der Waals surface area contributed by atoms with E-state index in [-0.39, 0.29) is 26.4 Å². The Bertz CT molecular complexity index is 884. The second-order valence-corrected chi connectivity index (χ2v) is 5.70. The summed E-state index contributed by atoms with van der Waals surface area (Å²) in [6.07, 6.45) is 1.36. The minimum atomic E-state index is -2.54. The van der Waals surface area contributed by atoms with Gasteiger partial charge >= 0.3 is 0 Å². The van der Waals surface area contributed by atoms with E-state index in [1.165, 1.54) is 30.0 Å². The molecule has 0 aliphatic carbocycles. The molecule has 18 heavy (non-hydrogen) atoms. The van der Waals surface area contributed by atoms with Gasteiger partial charge < -0.3 is 4.98 Å². The first-order valence-electron chi connectivity index (χ1n) is 4.77. The largest absolute Gasteiger partial charge is 0.319 e. The van der Waals surface area contributed by atoms with Crippen molar-refractivity contribution in [2.24, 2.45) is 7.05 Å². The second kappa shape index (κ2) is 4.50. The fraction of sp³-hybridized carbons (Fsp3) is 0.222. The summed E-state index contributed by atoms with van der Waals surface area (Å²) in [5, 5.41) is 0.280. The lowest BCUT2D eigenvalue weighted by Crippen LogP contribution is -2.17. The van der Waals surface area contributed by atoms with E-state index in [9.17, 15) is 17.4 Å². The van der Waals surface area contributed by atoms with Crippen LogP contribution in [0.3, 0.4) is 0 Å². The van der Waals surface area contributed by atoms with Gasteiger partial charge in [0.1, 0.15) is 5.65 Å². The maximum Gasteiger partial charge on any atom is 0.251 e.